The molecule has 0 bridgehead atoms. The van der Waals surface area contributed by atoms with Crippen molar-refractivity contribution in [3.05, 3.63) is 28.7 Å². The number of nitrogens with one attached hydrogen (secondary N) is 1. The zero-order valence-electron chi connectivity index (χ0n) is 11.1. The molecule has 2 atom stereocenters. The molecule has 1 fully saturated rings. The molecule has 4 heteroatoms. The minimum absolute atomic E-state index is 0.0344. The lowest BCUT2D eigenvalue weighted by molar-refractivity contribution is 0.147. The first-order valence-electron chi connectivity index (χ1n) is 6.49. The van der Waals surface area contributed by atoms with Gasteiger partial charge in [-0.2, -0.15) is 0 Å². The molecule has 2 rings (SSSR count). The van der Waals surface area contributed by atoms with Crippen molar-refractivity contribution >= 4 is 21.6 Å². The lowest BCUT2D eigenvalue weighted by Gasteiger charge is -2.45. The van der Waals surface area contributed by atoms with Crippen LogP contribution in [0.25, 0.3) is 0 Å². The predicted molar refractivity (Wildman–Crippen MR) is 80.9 cm³/mol. The lowest BCUT2D eigenvalue weighted by atomic mass is 9.83. The number of likely N-dealkylation sites (tertiary alicyclic amines) is 1. The number of anilines is 1. The minimum Gasteiger partial charge on any atom is -0.378 e. The highest BCUT2D eigenvalue weighted by molar-refractivity contribution is 9.10. The Kier molecular flexibility index (Phi) is 4.30. The fraction of sp³-hybridized carbons (Fsp3) is 0.571. The molecule has 1 heterocycles. The summed E-state index contributed by atoms with van der Waals surface area (Å²) >= 11 is 3.51. The number of nitrogens with zero attached hydrogens (tertiary/aromatic N) is 1. The monoisotopic (exact) mass is 311 g/mol. The maximum absolute atomic E-state index is 6.04. The van der Waals surface area contributed by atoms with Crippen LogP contribution in [0.4, 0.5) is 5.69 Å². The van der Waals surface area contributed by atoms with E-state index >= 15 is 0 Å². The van der Waals surface area contributed by atoms with Gasteiger partial charge >= 0.3 is 0 Å². The molecule has 0 aromatic heterocycles. The van der Waals surface area contributed by atoms with Gasteiger partial charge in [0.2, 0.25) is 0 Å². The molecule has 3 nitrogen and oxygen atoms in total. The second kappa shape index (κ2) is 5.59. The fourth-order valence-electron chi connectivity index (χ4n) is 2.66. The molecule has 100 valence electrons. The summed E-state index contributed by atoms with van der Waals surface area (Å²) in [5.41, 5.74) is 7.22. The van der Waals surface area contributed by atoms with E-state index in [1.54, 1.807) is 0 Å². The third-order valence-electron chi connectivity index (χ3n) is 4.01. The summed E-state index contributed by atoms with van der Waals surface area (Å²) in [5.74, 6) is 0. The summed E-state index contributed by atoms with van der Waals surface area (Å²) in [6, 6.07) is 8.87. The van der Waals surface area contributed by atoms with Crippen molar-refractivity contribution in [3.8, 4) is 0 Å². The zero-order chi connectivity index (χ0) is 13.2. The molecule has 1 aliphatic heterocycles. The number of piperidine rings is 1. The molecular formula is C14H22BrN3. The SMILES string of the molecule is CC1CC(CN)(Nc2cccc(Br)c2)CCN1C. The number of hydrogen-bond acceptors (Lipinski definition) is 3. The smallest absolute Gasteiger partial charge is 0.0522 e. The van der Waals surface area contributed by atoms with Crippen LogP contribution in [0, 0.1) is 0 Å². The summed E-state index contributed by atoms with van der Waals surface area (Å²) < 4.78 is 1.10. The van der Waals surface area contributed by atoms with E-state index in [1.165, 1.54) is 0 Å². The molecule has 1 aromatic rings. The Morgan fingerprint density at radius 2 is 2.33 bits per heavy atom. The molecule has 0 radical (unpaired) electrons. The fourth-order valence-corrected chi connectivity index (χ4v) is 3.06. The van der Waals surface area contributed by atoms with Crippen LogP contribution in [0.5, 0.6) is 0 Å². The Morgan fingerprint density at radius 1 is 1.56 bits per heavy atom. The van der Waals surface area contributed by atoms with Gasteiger partial charge in [0.15, 0.2) is 0 Å². The number of rotatable bonds is 3. The first-order valence-corrected chi connectivity index (χ1v) is 7.28. The van der Waals surface area contributed by atoms with Crippen molar-refractivity contribution < 1.29 is 0 Å². The van der Waals surface area contributed by atoms with Crippen LogP contribution in [-0.2, 0) is 0 Å². The maximum Gasteiger partial charge on any atom is 0.0522 e. The van der Waals surface area contributed by atoms with Crippen molar-refractivity contribution in [1.82, 2.24) is 4.90 Å². The molecule has 18 heavy (non-hydrogen) atoms. The predicted octanol–water partition coefficient (Wildman–Crippen LogP) is 2.67. The molecule has 1 aliphatic rings. The molecule has 1 saturated heterocycles. The molecule has 0 spiro atoms. The molecule has 0 aliphatic carbocycles. The van der Waals surface area contributed by atoms with Gasteiger partial charge in [0.05, 0.1) is 5.54 Å². The highest BCUT2D eigenvalue weighted by Gasteiger charge is 2.35. The van der Waals surface area contributed by atoms with Crippen LogP contribution in [0.15, 0.2) is 28.7 Å². The van der Waals surface area contributed by atoms with Crippen molar-refractivity contribution in [2.75, 3.05) is 25.5 Å². The van der Waals surface area contributed by atoms with E-state index in [2.05, 4.69) is 58.3 Å². The van der Waals surface area contributed by atoms with Crippen LogP contribution < -0.4 is 11.1 Å². The van der Waals surface area contributed by atoms with E-state index in [4.69, 9.17) is 5.73 Å². The number of hydrogen-bond donors (Lipinski definition) is 2. The maximum atomic E-state index is 6.04. The van der Waals surface area contributed by atoms with Crippen molar-refractivity contribution in [1.29, 1.82) is 0 Å². The third-order valence-corrected chi connectivity index (χ3v) is 4.50. The van der Waals surface area contributed by atoms with Gasteiger partial charge < -0.3 is 16.0 Å². The highest BCUT2D eigenvalue weighted by Crippen LogP contribution is 2.29. The third kappa shape index (κ3) is 3.05. The largest absolute Gasteiger partial charge is 0.378 e. The quantitative estimate of drug-likeness (QED) is 0.901. The standard InChI is InChI=1S/C14H22BrN3/c1-11-9-14(10-16,6-7-18(11)2)17-13-5-3-4-12(15)8-13/h3-5,8,11,17H,6-7,9-10,16H2,1-2H3. The van der Waals surface area contributed by atoms with Crippen molar-refractivity contribution in [2.45, 2.75) is 31.3 Å². The van der Waals surface area contributed by atoms with Gasteiger partial charge in [0.25, 0.3) is 0 Å². The Morgan fingerprint density at radius 3 is 2.94 bits per heavy atom. The average Bonchev–Trinajstić information content (AvgIpc) is 2.34. The topological polar surface area (TPSA) is 41.3 Å². The Hall–Kier alpha value is -0.580. The van der Waals surface area contributed by atoms with E-state index in [-0.39, 0.29) is 5.54 Å². The Bertz CT molecular complexity index is 410. The van der Waals surface area contributed by atoms with Crippen LogP contribution in [0.2, 0.25) is 0 Å². The summed E-state index contributed by atoms with van der Waals surface area (Å²) in [6.07, 6.45) is 2.18. The van der Waals surface area contributed by atoms with Gasteiger partial charge in [-0.05, 0) is 45.0 Å². The van der Waals surface area contributed by atoms with Gasteiger partial charge in [-0.15, -0.1) is 0 Å². The van der Waals surface area contributed by atoms with Gasteiger partial charge in [-0.25, -0.2) is 0 Å². The van der Waals surface area contributed by atoms with Crippen LogP contribution in [0.1, 0.15) is 19.8 Å². The molecular weight excluding hydrogens is 290 g/mol. The van der Waals surface area contributed by atoms with Crippen LogP contribution in [0.3, 0.4) is 0 Å². The number of halogens is 1. The normalized spacial score (nSPS) is 29.2. The summed E-state index contributed by atoms with van der Waals surface area (Å²) in [4.78, 5) is 2.40. The van der Waals surface area contributed by atoms with Gasteiger partial charge in [0, 0.05) is 29.3 Å². The van der Waals surface area contributed by atoms with E-state index in [1.807, 2.05) is 6.07 Å². The van der Waals surface area contributed by atoms with E-state index in [9.17, 15) is 0 Å². The average molecular weight is 312 g/mol. The van der Waals surface area contributed by atoms with Crippen LogP contribution in [-0.4, -0.2) is 36.6 Å². The second-order valence-electron chi connectivity index (χ2n) is 5.40. The molecule has 2 unspecified atom stereocenters. The Labute approximate surface area is 118 Å². The molecule has 0 amide bonds. The Balaban J connectivity index is 2.13. The molecule has 0 saturated carbocycles. The number of benzene rings is 1. The summed E-state index contributed by atoms with van der Waals surface area (Å²) in [6.45, 7) is 4.04. The lowest BCUT2D eigenvalue weighted by Crippen LogP contribution is -2.55. The van der Waals surface area contributed by atoms with E-state index in [0.29, 0.717) is 12.6 Å². The van der Waals surface area contributed by atoms with Crippen molar-refractivity contribution in [3.63, 3.8) is 0 Å². The van der Waals surface area contributed by atoms with E-state index in [0.717, 1.165) is 29.5 Å². The molecule has 3 N–H and O–H groups in total. The van der Waals surface area contributed by atoms with Gasteiger partial charge in [-0.3, -0.25) is 0 Å². The molecule has 1 aromatic carbocycles. The minimum atomic E-state index is 0.0344. The van der Waals surface area contributed by atoms with Gasteiger partial charge in [0.1, 0.15) is 0 Å². The zero-order valence-corrected chi connectivity index (χ0v) is 12.7. The van der Waals surface area contributed by atoms with Crippen LogP contribution >= 0.6 is 15.9 Å². The first-order chi connectivity index (χ1) is 8.54. The second-order valence-corrected chi connectivity index (χ2v) is 6.32. The summed E-state index contributed by atoms with van der Waals surface area (Å²) in [5, 5.41) is 3.65. The van der Waals surface area contributed by atoms with Gasteiger partial charge in [-0.1, -0.05) is 22.0 Å². The highest BCUT2D eigenvalue weighted by atomic mass is 79.9. The number of nitrogens with two attached hydrogens (primary N) is 1. The first kappa shape index (κ1) is 13.8. The summed E-state index contributed by atoms with van der Waals surface area (Å²) in [7, 11) is 2.18. The van der Waals surface area contributed by atoms with E-state index < -0.39 is 0 Å². The van der Waals surface area contributed by atoms with Crippen molar-refractivity contribution in [2.24, 2.45) is 5.73 Å².